The van der Waals surface area contributed by atoms with Gasteiger partial charge in [-0.25, -0.2) is 0 Å². The van der Waals surface area contributed by atoms with Gasteiger partial charge in [0.15, 0.2) is 0 Å². The number of hydrogen-bond donors (Lipinski definition) is 1. The lowest BCUT2D eigenvalue weighted by Crippen LogP contribution is -2.68. The van der Waals surface area contributed by atoms with Crippen molar-refractivity contribution in [1.29, 1.82) is 0 Å². The topological polar surface area (TPSA) is 55.6 Å². The molecule has 1 amide bonds. The van der Waals surface area contributed by atoms with Crippen LogP contribution in [0.4, 0.5) is 0 Å². The molecule has 19 heavy (non-hydrogen) atoms. The number of nitrogens with two attached hydrogens (primary N) is 1. The van der Waals surface area contributed by atoms with Crippen molar-refractivity contribution < 1.29 is 9.53 Å². The van der Waals surface area contributed by atoms with E-state index in [0.29, 0.717) is 24.4 Å². The first-order valence-corrected chi connectivity index (χ1v) is 6.72. The van der Waals surface area contributed by atoms with Crippen molar-refractivity contribution in [1.82, 2.24) is 4.90 Å². The van der Waals surface area contributed by atoms with Gasteiger partial charge in [-0.05, 0) is 25.5 Å². The standard InChI is InChI=1S/C15H22N2O2/c1-4-7-15(16)9-17(10-15)14(18)12-8-11(2)5-6-13(12)19-3/h5-6,8H,4,7,9-10,16H2,1-3H3. The van der Waals surface area contributed by atoms with E-state index in [4.69, 9.17) is 10.5 Å². The van der Waals surface area contributed by atoms with Gasteiger partial charge in [0.2, 0.25) is 0 Å². The van der Waals surface area contributed by atoms with Crippen molar-refractivity contribution in [3.63, 3.8) is 0 Å². The van der Waals surface area contributed by atoms with Gasteiger partial charge in [0.25, 0.3) is 5.91 Å². The van der Waals surface area contributed by atoms with E-state index in [0.717, 1.165) is 18.4 Å². The normalized spacial score (nSPS) is 16.9. The lowest BCUT2D eigenvalue weighted by atomic mass is 9.86. The molecule has 0 spiro atoms. The monoisotopic (exact) mass is 262 g/mol. The van der Waals surface area contributed by atoms with Crippen LogP contribution in [0.15, 0.2) is 18.2 Å². The highest BCUT2D eigenvalue weighted by atomic mass is 16.5. The maximum atomic E-state index is 12.4. The molecule has 0 saturated carbocycles. The Morgan fingerprint density at radius 1 is 1.47 bits per heavy atom. The quantitative estimate of drug-likeness (QED) is 0.902. The molecule has 1 fully saturated rings. The van der Waals surface area contributed by atoms with E-state index in [2.05, 4.69) is 6.92 Å². The fourth-order valence-electron chi connectivity index (χ4n) is 2.67. The first-order valence-electron chi connectivity index (χ1n) is 6.72. The second-order valence-corrected chi connectivity index (χ2v) is 5.48. The van der Waals surface area contributed by atoms with Gasteiger partial charge in [0.05, 0.1) is 18.2 Å². The number of aryl methyl sites for hydroxylation is 1. The fraction of sp³-hybridized carbons (Fsp3) is 0.533. The Morgan fingerprint density at radius 2 is 2.16 bits per heavy atom. The van der Waals surface area contributed by atoms with Gasteiger partial charge in [0.1, 0.15) is 5.75 Å². The van der Waals surface area contributed by atoms with Gasteiger partial charge < -0.3 is 15.4 Å². The van der Waals surface area contributed by atoms with Crippen LogP contribution < -0.4 is 10.5 Å². The van der Waals surface area contributed by atoms with E-state index < -0.39 is 0 Å². The number of hydrogen-bond acceptors (Lipinski definition) is 3. The first-order chi connectivity index (χ1) is 8.99. The van der Waals surface area contributed by atoms with Crippen LogP contribution in [-0.4, -0.2) is 36.5 Å². The van der Waals surface area contributed by atoms with E-state index in [1.54, 1.807) is 12.0 Å². The molecule has 0 unspecified atom stereocenters. The molecular weight excluding hydrogens is 240 g/mol. The van der Waals surface area contributed by atoms with E-state index in [-0.39, 0.29) is 11.4 Å². The van der Waals surface area contributed by atoms with Crippen LogP contribution in [0, 0.1) is 6.92 Å². The van der Waals surface area contributed by atoms with Crippen LogP contribution in [0.5, 0.6) is 5.75 Å². The van der Waals surface area contributed by atoms with Gasteiger partial charge in [-0.3, -0.25) is 4.79 Å². The maximum absolute atomic E-state index is 12.4. The van der Waals surface area contributed by atoms with Crippen molar-refractivity contribution in [3.8, 4) is 5.75 Å². The van der Waals surface area contributed by atoms with Crippen LogP contribution in [0.2, 0.25) is 0 Å². The molecule has 1 aromatic carbocycles. The predicted molar refractivity (Wildman–Crippen MR) is 75.5 cm³/mol. The molecule has 104 valence electrons. The number of methoxy groups -OCH3 is 1. The largest absolute Gasteiger partial charge is 0.496 e. The number of amides is 1. The number of nitrogens with zero attached hydrogens (tertiary/aromatic N) is 1. The predicted octanol–water partition coefficient (Wildman–Crippen LogP) is 1.96. The summed E-state index contributed by atoms with van der Waals surface area (Å²) in [6, 6.07) is 5.65. The molecule has 4 nitrogen and oxygen atoms in total. The number of benzene rings is 1. The number of rotatable bonds is 4. The Kier molecular flexibility index (Phi) is 3.80. The minimum Gasteiger partial charge on any atom is -0.496 e. The Labute approximate surface area is 114 Å². The van der Waals surface area contributed by atoms with Crippen LogP contribution >= 0.6 is 0 Å². The van der Waals surface area contributed by atoms with Crippen molar-refractivity contribution in [2.75, 3.05) is 20.2 Å². The molecule has 0 aliphatic carbocycles. The van der Waals surface area contributed by atoms with Gasteiger partial charge in [-0.15, -0.1) is 0 Å². The smallest absolute Gasteiger partial charge is 0.257 e. The van der Waals surface area contributed by atoms with Crippen LogP contribution in [-0.2, 0) is 0 Å². The molecule has 2 N–H and O–H groups in total. The lowest BCUT2D eigenvalue weighted by molar-refractivity contribution is 0.0383. The summed E-state index contributed by atoms with van der Waals surface area (Å²) in [5, 5.41) is 0. The Balaban J connectivity index is 2.12. The number of carbonyl (C=O) groups is 1. The van der Waals surface area contributed by atoms with Crippen LogP contribution in [0.1, 0.15) is 35.7 Å². The highest BCUT2D eigenvalue weighted by molar-refractivity contribution is 5.97. The number of likely N-dealkylation sites (tertiary alicyclic amines) is 1. The molecule has 0 bridgehead atoms. The fourth-order valence-corrected chi connectivity index (χ4v) is 2.67. The number of ether oxygens (including phenoxy) is 1. The molecule has 1 saturated heterocycles. The zero-order valence-electron chi connectivity index (χ0n) is 11.9. The van der Waals surface area contributed by atoms with E-state index in [1.165, 1.54) is 0 Å². The Morgan fingerprint density at radius 3 is 2.74 bits per heavy atom. The molecule has 4 heteroatoms. The van der Waals surface area contributed by atoms with Crippen molar-refractivity contribution in [3.05, 3.63) is 29.3 Å². The highest BCUT2D eigenvalue weighted by Crippen LogP contribution is 2.28. The molecule has 1 heterocycles. The van der Waals surface area contributed by atoms with Crippen LogP contribution in [0.25, 0.3) is 0 Å². The second-order valence-electron chi connectivity index (χ2n) is 5.48. The average molecular weight is 262 g/mol. The molecule has 1 aliphatic rings. The lowest BCUT2D eigenvalue weighted by Gasteiger charge is -2.47. The minimum absolute atomic E-state index is 0.0118. The molecule has 1 aliphatic heterocycles. The maximum Gasteiger partial charge on any atom is 0.257 e. The highest BCUT2D eigenvalue weighted by Gasteiger charge is 2.41. The average Bonchev–Trinajstić information content (AvgIpc) is 2.35. The molecule has 2 rings (SSSR count). The summed E-state index contributed by atoms with van der Waals surface area (Å²) >= 11 is 0. The second kappa shape index (κ2) is 5.21. The Bertz CT molecular complexity index is 479. The minimum atomic E-state index is -0.193. The van der Waals surface area contributed by atoms with Crippen molar-refractivity contribution in [2.24, 2.45) is 5.73 Å². The summed E-state index contributed by atoms with van der Waals surface area (Å²) < 4.78 is 5.26. The molecule has 0 radical (unpaired) electrons. The molecule has 1 aromatic rings. The first kappa shape index (κ1) is 13.9. The van der Waals surface area contributed by atoms with Gasteiger partial charge in [0, 0.05) is 13.1 Å². The summed E-state index contributed by atoms with van der Waals surface area (Å²) in [5.74, 6) is 0.637. The van der Waals surface area contributed by atoms with E-state index in [9.17, 15) is 4.79 Å². The summed E-state index contributed by atoms with van der Waals surface area (Å²) in [6.07, 6.45) is 2.01. The summed E-state index contributed by atoms with van der Waals surface area (Å²) in [4.78, 5) is 14.2. The third kappa shape index (κ3) is 2.73. The van der Waals surface area contributed by atoms with Gasteiger partial charge in [-0.2, -0.15) is 0 Å². The zero-order chi connectivity index (χ0) is 14.0. The third-order valence-corrected chi connectivity index (χ3v) is 3.63. The summed E-state index contributed by atoms with van der Waals surface area (Å²) in [7, 11) is 1.59. The molecule has 0 atom stereocenters. The SMILES string of the molecule is CCCC1(N)CN(C(=O)c2cc(C)ccc2OC)C1. The van der Waals surface area contributed by atoms with Crippen LogP contribution in [0.3, 0.4) is 0 Å². The zero-order valence-corrected chi connectivity index (χ0v) is 11.9. The van der Waals surface area contributed by atoms with E-state index >= 15 is 0 Å². The molecule has 0 aromatic heterocycles. The van der Waals surface area contributed by atoms with E-state index in [1.807, 2.05) is 25.1 Å². The Hall–Kier alpha value is -1.55. The van der Waals surface area contributed by atoms with Crippen molar-refractivity contribution >= 4 is 5.91 Å². The molecular formula is C15H22N2O2. The third-order valence-electron chi connectivity index (χ3n) is 3.63. The summed E-state index contributed by atoms with van der Waals surface area (Å²) in [6.45, 7) is 5.35. The number of carbonyl (C=O) groups excluding carboxylic acids is 1. The van der Waals surface area contributed by atoms with Gasteiger partial charge >= 0.3 is 0 Å². The van der Waals surface area contributed by atoms with Gasteiger partial charge in [-0.1, -0.05) is 25.0 Å². The van der Waals surface area contributed by atoms with Crippen molar-refractivity contribution in [2.45, 2.75) is 32.2 Å². The summed E-state index contributed by atoms with van der Waals surface area (Å²) in [5.41, 5.74) is 7.68.